The molecule has 0 aromatic heterocycles. The summed E-state index contributed by atoms with van der Waals surface area (Å²) in [5.74, 6) is -0.138. The first-order valence-electron chi connectivity index (χ1n) is 8.63. The van der Waals surface area contributed by atoms with Crippen LogP contribution < -0.4 is 5.32 Å². The first kappa shape index (κ1) is 18.4. The molecule has 1 aliphatic carbocycles. The lowest BCUT2D eigenvalue weighted by molar-refractivity contribution is -0.153. The van der Waals surface area contributed by atoms with Crippen molar-refractivity contribution in [3.05, 3.63) is 0 Å². The van der Waals surface area contributed by atoms with Crippen molar-refractivity contribution in [2.75, 3.05) is 20.3 Å². The van der Waals surface area contributed by atoms with Crippen molar-refractivity contribution in [2.24, 2.45) is 0 Å². The minimum Gasteiger partial charge on any atom is -0.468 e. The van der Waals surface area contributed by atoms with E-state index in [9.17, 15) is 4.79 Å². The fraction of sp³-hybridized carbons (Fsp3) is 0.941. The van der Waals surface area contributed by atoms with Gasteiger partial charge in [-0.05, 0) is 32.2 Å². The maximum Gasteiger partial charge on any atom is 0.326 e. The number of rotatable bonds is 10. The van der Waals surface area contributed by atoms with Crippen LogP contribution >= 0.6 is 0 Å². The molecule has 2 unspecified atom stereocenters. The van der Waals surface area contributed by atoms with Crippen LogP contribution in [0, 0.1) is 0 Å². The monoisotopic (exact) mass is 299 g/mol. The van der Waals surface area contributed by atoms with E-state index in [0.717, 1.165) is 45.3 Å². The van der Waals surface area contributed by atoms with Crippen LogP contribution in [0.4, 0.5) is 0 Å². The number of methoxy groups -OCH3 is 1. The zero-order valence-corrected chi connectivity index (χ0v) is 14.1. The third-order valence-electron chi connectivity index (χ3n) is 4.40. The Labute approximate surface area is 130 Å². The molecule has 1 N–H and O–H groups in total. The highest BCUT2D eigenvalue weighted by atomic mass is 16.5. The van der Waals surface area contributed by atoms with Gasteiger partial charge in [-0.25, -0.2) is 0 Å². The lowest BCUT2D eigenvalue weighted by Gasteiger charge is -2.39. The summed E-state index contributed by atoms with van der Waals surface area (Å²) in [4.78, 5) is 12.1. The molecule has 4 heteroatoms. The van der Waals surface area contributed by atoms with Crippen LogP contribution in [0.1, 0.15) is 71.6 Å². The zero-order valence-electron chi connectivity index (χ0n) is 14.1. The zero-order chi connectivity index (χ0) is 15.6. The van der Waals surface area contributed by atoms with Gasteiger partial charge in [0, 0.05) is 13.0 Å². The molecule has 0 heterocycles. The number of carbonyl (C=O) groups is 1. The quantitative estimate of drug-likeness (QED) is 0.496. The average Bonchev–Trinajstić information content (AvgIpc) is 2.50. The van der Waals surface area contributed by atoms with Crippen molar-refractivity contribution in [1.82, 2.24) is 5.32 Å². The fourth-order valence-corrected chi connectivity index (χ4v) is 3.27. The molecule has 2 atom stereocenters. The van der Waals surface area contributed by atoms with Gasteiger partial charge in [0.05, 0.1) is 13.2 Å². The molecule has 1 rings (SSSR count). The summed E-state index contributed by atoms with van der Waals surface area (Å²) in [5, 5.41) is 3.34. The van der Waals surface area contributed by atoms with Crippen LogP contribution in [-0.2, 0) is 14.3 Å². The topological polar surface area (TPSA) is 47.6 Å². The summed E-state index contributed by atoms with van der Waals surface area (Å²) in [6, 6.07) is 0. The molecule has 124 valence electrons. The molecule has 0 bridgehead atoms. The molecular formula is C17H33NO3. The van der Waals surface area contributed by atoms with Gasteiger partial charge >= 0.3 is 5.97 Å². The smallest absolute Gasteiger partial charge is 0.326 e. The number of carbonyl (C=O) groups excluding carboxylic acids is 1. The van der Waals surface area contributed by atoms with E-state index in [4.69, 9.17) is 9.47 Å². The van der Waals surface area contributed by atoms with E-state index in [1.54, 1.807) is 0 Å². The fourth-order valence-electron chi connectivity index (χ4n) is 3.27. The van der Waals surface area contributed by atoms with Gasteiger partial charge in [-0.15, -0.1) is 0 Å². The number of hydrogen-bond donors (Lipinski definition) is 1. The van der Waals surface area contributed by atoms with Crippen LogP contribution in [0.3, 0.4) is 0 Å². The van der Waals surface area contributed by atoms with Gasteiger partial charge < -0.3 is 14.8 Å². The number of ether oxygens (including phenoxy) is 2. The predicted octanol–water partition coefficient (Wildman–Crippen LogP) is 3.44. The van der Waals surface area contributed by atoms with E-state index in [-0.39, 0.29) is 12.1 Å². The highest BCUT2D eigenvalue weighted by molar-refractivity contribution is 5.81. The van der Waals surface area contributed by atoms with Crippen LogP contribution in [0.2, 0.25) is 0 Å². The van der Waals surface area contributed by atoms with Gasteiger partial charge in [-0.2, -0.15) is 0 Å². The summed E-state index contributed by atoms with van der Waals surface area (Å²) in [7, 11) is 1.47. The molecule has 1 saturated carbocycles. The van der Waals surface area contributed by atoms with Crippen molar-refractivity contribution in [3.8, 4) is 0 Å². The van der Waals surface area contributed by atoms with E-state index >= 15 is 0 Å². The Morgan fingerprint density at radius 2 is 2.00 bits per heavy atom. The molecule has 0 saturated heterocycles. The number of nitrogens with one attached hydrogen (secondary N) is 1. The maximum absolute atomic E-state index is 12.1. The summed E-state index contributed by atoms with van der Waals surface area (Å²) in [6.07, 6.45) is 10.1. The molecule has 21 heavy (non-hydrogen) atoms. The number of unbranched alkanes of at least 4 members (excludes halogenated alkanes) is 4. The molecule has 0 radical (unpaired) electrons. The molecule has 0 amide bonds. The highest BCUT2D eigenvalue weighted by Gasteiger charge is 2.43. The predicted molar refractivity (Wildman–Crippen MR) is 85.4 cm³/mol. The van der Waals surface area contributed by atoms with E-state index in [2.05, 4.69) is 12.2 Å². The molecule has 0 spiro atoms. The van der Waals surface area contributed by atoms with Crippen molar-refractivity contribution in [1.29, 1.82) is 0 Å². The van der Waals surface area contributed by atoms with Gasteiger partial charge in [-0.3, -0.25) is 4.79 Å². The van der Waals surface area contributed by atoms with Crippen molar-refractivity contribution in [3.63, 3.8) is 0 Å². The molecular weight excluding hydrogens is 266 g/mol. The standard InChI is InChI=1S/C17H33NO3/c1-4-6-7-8-9-13-21-15-11-10-12-17(14-15,18-5-2)16(19)20-3/h15,18H,4-14H2,1-3H3. The highest BCUT2D eigenvalue weighted by Crippen LogP contribution is 2.31. The number of likely N-dealkylation sites (N-methyl/N-ethyl adjacent to an activating group) is 1. The molecule has 0 aromatic rings. The van der Waals surface area contributed by atoms with Gasteiger partial charge in [0.2, 0.25) is 0 Å². The van der Waals surface area contributed by atoms with E-state index in [1.165, 1.54) is 32.8 Å². The van der Waals surface area contributed by atoms with Crippen molar-refractivity contribution < 1.29 is 14.3 Å². The Bertz CT molecular complexity index is 292. The molecule has 4 nitrogen and oxygen atoms in total. The number of esters is 1. The Morgan fingerprint density at radius 3 is 2.67 bits per heavy atom. The lowest BCUT2D eigenvalue weighted by atomic mass is 9.80. The summed E-state index contributed by atoms with van der Waals surface area (Å²) in [5.41, 5.74) is -0.533. The molecule has 0 aromatic carbocycles. The van der Waals surface area contributed by atoms with Crippen LogP contribution in [0.25, 0.3) is 0 Å². The summed E-state index contributed by atoms with van der Waals surface area (Å²) in [6.45, 7) is 5.85. The summed E-state index contributed by atoms with van der Waals surface area (Å²) < 4.78 is 11.0. The van der Waals surface area contributed by atoms with Crippen LogP contribution in [0.15, 0.2) is 0 Å². The van der Waals surface area contributed by atoms with Gasteiger partial charge in [0.15, 0.2) is 0 Å². The molecule has 0 aliphatic heterocycles. The van der Waals surface area contributed by atoms with Crippen molar-refractivity contribution in [2.45, 2.75) is 83.3 Å². The maximum atomic E-state index is 12.1. The Balaban J connectivity index is 2.37. The second kappa shape index (κ2) is 10.2. The van der Waals surface area contributed by atoms with Crippen LogP contribution in [-0.4, -0.2) is 37.9 Å². The first-order valence-corrected chi connectivity index (χ1v) is 8.63. The van der Waals surface area contributed by atoms with Crippen LogP contribution in [0.5, 0.6) is 0 Å². The average molecular weight is 299 g/mol. The molecule has 1 fully saturated rings. The first-order chi connectivity index (χ1) is 10.2. The second-order valence-corrected chi connectivity index (χ2v) is 6.11. The minimum absolute atomic E-state index is 0.138. The Morgan fingerprint density at radius 1 is 1.24 bits per heavy atom. The van der Waals surface area contributed by atoms with E-state index < -0.39 is 5.54 Å². The largest absolute Gasteiger partial charge is 0.468 e. The van der Waals surface area contributed by atoms with Gasteiger partial charge in [-0.1, -0.05) is 39.5 Å². The normalized spacial score (nSPS) is 25.8. The Hall–Kier alpha value is -0.610. The Kier molecular flexibility index (Phi) is 8.93. The van der Waals surface area contributed by atoms with Crippen molar-refractivity contribution >= 4 is 5.97 Å². The summed E-state index contributed by atoms with van der Waals surface area (Å²) >= 11 is 0. The van der Waals surface area contributed by atoms with Gasteiger partial charge in [0.25, 0.3) is 0 Å². The van der Waals surface area contributed by atoms with E-state index in [0.29, 0.717) is 0 Å². The second-order valence-electron chi connectivity index (χ2n) is 6.11. The minimum atomic E-state index is -0.533. The molecule has 1 aliphatic rings. The lowest BCUT2D eigenvalue weighted by Crippen LogP contribution is -2.56. The van der Waals surface area contributed by atoms with E-state index in [1.807, 2.05) is 6.92 Å². The third kappa shape index (κ3) is 5.95. The third-order valence-corrected chi connectivity index (χ3v) is 4.40. The van der Waals surface area contributed by atoms with Gasteiger partial charge in [0.1, 0.15) is 5.54 Å². The SMILES string of the molecule is CCCCCCCOC1CCCC(NCC)(C(=O)OC)C1. The number of hydrogen-bond acceptors (Lipinski definition) is 4.